The molecule has 9 heteroatoms. The van der Waals surface area contributed by atoms with Gasteiger partial charge in [0.1, 0.15) is 6.54 Å². The number of quaternary nitrogens is 1. The maximum atomic E-state index is 13.0. The summed E-state index contributed by atoms with van der Waals surface area (Å²) < 4.78 is 45.9. The number of amides is 1. The number of hydrogen-bond donors (Lipinski definition) is 2. The molecule has 3 saturated heterocycles. The third kappa shape index (κ3) is 5.54. The fourth-order valence-corrected chi connectivity index (χ4v) is 7.37. The summed E-state index contributed by atoms with van der Waals surface area (Å²) in [6, 6.07) is 14.0. The number of fused-ring (bicyclic) bond motifs is 3. The van der Waals surface area contributed by atoms with E-state index in [1.165, 1.54) is 18.6 Å². The summed E-state index contributed by atoms with van der Waals surface area (Å²) in [4.78, 5) is 17.6. The van der Waals surface area contributed by atoms with Crippen LogP contribution in [0.4, 0.5) is 13.2 Å². The molecule has 41 heavy (non-hydrogen) atoms. The molecule has 1 aromatic heterocycles. The Morgan fingerprint density at radius 1 is 0.951 bits per heavy atom. The quantitative estimate of drug-likeness (QED) is 0.341. The molecule has 3 aromatic rings. The predicted molar refractivity (Wildman–Crippen MR) is 147 cm³/mol. The van der Waals surface area contributed by atoms with Crippen LogP contribution >= 0.6 is 0 Å². The summed E-state index contributed by atoms with van der Waals surface area (Å²) in [5, 5.41) is 15.3. The number of oxazole rings is 1. The van der Waals surface area contributed by atoms with E-state index in [9.17, 15) is 23.1 Å². The first-order valence-electron chi connectivity index (χ1n) is 14.7. The number of halogens is 3. The van der Waals surface area contributed by atoms with Crippen molar-refractivity contribution in [3.8, 4) is 0 Å². The fraction of sp³-hybridized carbons (Fsp3) is 0.500. The lowest BCUT2D eigenvalue weighted by Crippen LogP contribution is -2.66. The highest BCUT2D eigenvalue weighted by atomic mass is 19.4. The van der Waals surface area contributed by atoms with E-state index >= 15 is 0 Å². The number of carbonyl (C=O) groups is 1. The average molecular weight is 569 g/mol. The zero-order chi connectivity index (χ0) is 28.7. The van der Waals surface area contributed by atoms with Gasteiger partial charge >= 0.3 is 6.18 Å². The van der Waals surface area contributed by atoms with Gasteiger partial charge in [0, 0.05) is 24.3 Å². The normalized spacial score (nSPS) is 26.4. The Morgan fingerprint density at radius 2 is 1.63 bits per heavy atom. The van der Waals surface area contributed by atoms with Gasteiger partial charge in [0.05, 0.1) is 37.4 Å². The molecule has 218 valence electrons. The van der Waals surface area contributed by atoms with Crippen molar-refractivity contribution in [2.75, 3.05) is 19.6 Å². The number of nitrogens with one attached hydrogen (secondary N) is 1. The van der Waals surface area contributed by atoms with Gasteiger partial charge in [0.15, 0.2) is 11.4 Å². The van der Waals surface area contributed by atoms with Gasteiger partial charge in [-0.2, -0.15) is 13.2 Å². The Balaban J connectivity index is 1.18. The number of alkyl halides is 3. The van der Waals surface area contributed by atoms with Crippen LogP contribution in [0.25, 0.3) is 0 Å². The number of rotatable bonds is 7. The van der Waals surface area contributed by atoms with E-state index in [0.717, 1.165) is 86.1 Å². The van der Waals surface area contributed by atoms with Gasteiger partial charge in [-0.25, -0.2) is 4.98 Å². The summed E-state index contributed by atoms with van der Waals surface area (Å²) in [6.07, 6.45) is 4.39. The van der Waals surface area contributed by atoms with E-state index in [1.807, 2.05) is 30.3 Å². The topological polar surface area (TPSA) is 75.4 Å². The van der Waals surface area contributed by atoms with Crippen LogP contribution in [0.5, 0.6) is 0 Å². The number of aromatic nitrogens is 1. The molecule has 3 aliphatic heterocycles. The van der Waals surface area contributed by atoms with Crippen LogP contribution in [0.15, 0.2) is 65.2 Å². The SMILES string of the molecule is O=C(N[C@H]1C[N+]2(Cc3cnc([C@@](O)(c4ccccc4)C4CCCCC4)o3)CCC1CC2)c1ccc(C(F)(F)F)cc1. The lowest BCUT2D eigenvalue weighted by molar-refractivity contribution is -0.956. The van der Waals surface area contributed by atoms with Crippen molar-refractivity contribution < 1.29 is 32.0 Å². The van der Waals surface area contributed by atoms with Gasteiger partial charge in [0.2, 0.25) is 5.89 Å². The number of aliphatic hydroxyl groups is 1. The molecule has 4 heterocycles. The first-order valence-corrected chi connectivity index (χ1v) is 14.7. The highest BCUT2D eigenvalue weighted by molar-refractivity contribution is 5.94. The smallest absolute Gasteiger partial charge is 0.416 e. The standard InChI is InChI=1S/C32H36F3N3O3/c33-32(34,35)26-13-11-23(12-14-26)29(39)37-28-21-38(17-15-22(28)16-18-38)20-27-19-36-30(41-27)31(40,24-7-3-1-4-8-24)25-9-5-2-6-10-25/h1,3-4,7-8,11-14,19,22,25,28,40H,2,5-6,9-10,15-18,20-21H2/p+1/t22?,28-,31+,38?/m0/s1. The minimum absolute atomic E-state index is 0.0349. The minimum Gasteiger partial charge on any atom is -0.436 e. The van der Waals surface area contributed by atoms with E-state index in [4.69, 9.17) is 4.42 Å². The molecule has 0 radical (unpaired) electrons. The fourth-order valence-electron chi connectivity index (χ4n) is 7.37. The Hall–Kier alpha value is -3.17. The molecule has 4 fully saturated rings. The maximum Gasteiger partial charge on any atom is 0.416 e. The van der Waals surface area contributed by atoms with Crippen LogP contribution < -0.4 is 5.32 Å². The molecule has 2 bridgehead atoms. The van der Waals surface area contributed by atoms with E-state index < -0.39 is 17.3 Å². The molecule has 4 aliphatic rings. The summed E-state index contributed by atoms with van der Waals surface area (Å²) in [7, 11) is 0. The van der Waals surface area contributed by atoms with E-state index in [0.29, 0.717) is 18.4 Å². The van der Waals surface area contributed by atoms with Crippen LogP contribution in [0.2, 0.25) is 0 Å². The van der Waals surface area contributed by atoms with Gasteiger partial charge in [-0.1, -0.05) is 49.6 Å². The molecule has 2 atom stereocenters. The Morgan fingerprint density at radius 3 is 2.29 bits per heavy atom. The molecule has 7 rings (SSSR count). The van der Waals surface area contributed by atoms with Gasteiger partial charge in [-0.15, -0.1) is 0 Å². The second-order valence-corrected chi connectivity index (χ2v) is 12.2. The van der Waals surface area contributed by atoms with Crippen LogP contribution in [-0.4, -0.2) is 46.2 Å². The van der Waals surface area contributed by atoms with E-state index in [2.05, 4.69) is 10.3 Å². The number of hydrogen-bond acceptors (Lipinski definition) is 4. The van der Waals surface area contributed by atoms with Crippen LogP contribution in [0.1, 0.15) is 78.1 Å². The van der Waals surface area contributed by atoms with Gasteiger partial charge in [-0.05, 0) is 48.6 Å². The number of nitrogens with zero attached hydrogens (tertiary/aromatic N) is 2. The molecular formula is C32H37F3N3O3+. The van der Waals surface area contributed by atoms with Crippen molar-refractivity contribution in [3.05, 3.63) is 89.1 Å². The van der Waals surface area contributed by atoms with Crippen LogP contribution in [-0.2, 0) is 18.3 Å². The summed E-state index contributed by atoms with van der Waals surface area (Å²) in [5.41, 5.74) is -1.02. The summed E-state index contributed by atoms with van der Waals surface area (Å²) in [5.74, 6) is 1.10. The molecule has 1 amide bonds. The lowest BCUT2D eigenvalue weighted by atomic mass is 9.73. The Kier molecular flexibility index (Phi) is 7.44. The van der Waals surface area contributed by atoms with Crippen LogP contribution in [0.3, 0.4) is 0 Å². The third-order valence-electron chi connectivity index (χ3n) is 9.67. The Bertz CT molecular complexity index is 1340. The average Bonchev–Trinajstić information content (AvgIpc) is 3.46. The molecule has 1 saturated carbocycles. The van der Waals surface area contributed by atoms with Crippen LogP contribution in [0, 0.1) is 11.8 Å². The van der Waals surface area contributed by atoms with Gasteiger partial charge in [-0.3, -0.25) is 4.79 Å². The molecule has 0 unspecified atom stereocenters. The lowest BCUT2D eigenvalue weighted by Gasteiger charge is -2.52. The second kappa shape index (κ2) is 10.9. The summed E-state index contributed by atoms with van der Waals surface area (Å²) >= 11 is 0. The largest absolute Gasteiger partial charge is 0.436 e. The molecule has 0 spiro atoms. The number of carbonyl (C=O) groups excluding carboxylic acids is 1. The highest BCUT2D eigenvalue weighted by Gasteiger charge is 2.48. The van der Waals surface area contributed by atoms with Gasteiger partial charge < -0.3 is 19.3 Å². The summed E-state index contributed by atoms with van der Waals surface area (Å²) in [6.45, 7) is 3.25. The van der Waals surface area contributed by atoms with Crippen molar-refractivity contribution in [3.63, 3.8) is 0 Å². The molecule has 1 aliphatic carbocycles. The van der Waals surface area contributed by atoms with Crippen molar-refractivity contribution >= 4 is 5.91 Å². The van der Waals surface area contributed by atoms with E-state index in [1.54, 1.807) is 6.20 Å². The van der Waals surface area contributed by atoms with Crippen molar-refractivity contribution in [1.82, 2.24) is 10.3 Å². The van der Waals surface area contributed by atoms with Gasteiger partial charge in [0.25, 0.3) is 5.91 Å². The molecule has 2 N–H and O–H groups in total. The number of benzene rings is 2. The monoisotopic (exact) mass is 568 g/mol. The van der Waals surface area contributed by atoms with E-state index in [-0.39, 0.29) is 23.4 Å². The van der Waals surface area contributed by atoms with Crippen molar-refractivity contribution in [2.45, 2.75) is 69.3 Å². The minimum atomic E-state index is -4.44. The maximum absolute atomic E-state index is 13.0. The zero-order valence-corrected chi connectivity index (χ0v) is 23.1. The first kappa shape index (κ1) is 28.0. The molecule has 6 nitrogen and oxygen atoms in total. The Labute approximate surface area is 238 Å². The second-order valence-electron chi connectivity index (χ2n) is 12.2. The first-order chi connectivity index (χ1) is 19.7. The molecular weight excluding hydrogens is 531 g/mol. The highest BCUT2D eigenvalue weighted by Crippen LogP contribution is 2.44. The number of piperidine rings is 3. The third-order valence-corrected chi connectivity index (χ3v) is 9.67. The predicted octanol–water partition coefficient (Wildman–Crippen LogP) is 6.05. The van der Waals surface area contributed by atoms with Crippen molar-refractivity contribution in [1.29, 1.82) is 0 Å². The van der Waals surface area contributed by atoms with Crippen molar-refractivity contribution in [2.24, 2.45) is 11.8 Å². The molecule has 2 aromatic carbocycles. The zero-order valence-electron chi connectivity index (χ0n) is 23.1.